The van der Waals surface area contributed by atoms with Gasteiger partial charge in [-0.1, -0.05) is 0 Å². The standard InChI is InChI=1S/C44H54N8O8/c1-45-44(58)51-14-11-30-34(25-47(2)41(55)35(30)26-51)28-22-37(59-3)33(38(23-28)60-4)21-27-9-12-48(13-10-27)15-16-49-17-19-50(20-18-49)29-5-6-31-32(24-29)43(57)52(42(31)56)36-7-8-39(53)46-40(36)54/h5-6,22-25,27,36H,7-21,26H2,1-4H3,(H,45,58)(H,46,53,54). The number of fused-ring (bicyclic) bond motifs is 2. The summed E-state index contributed by atoms with van der Waals surface area (Å²) in [5.41, 5.74) is 5.89. The highest BCUT2D eigenvalue weighted by atomic mass is 16.5. The first-order chi connectivity index (χ1) is 29.0. The van der Waals surface area contributed by atoms with Crippen LogP contribution in [0.4, 0.5) is 10.5 Å². The van der Waals surface area contributed by atoms with Crippen LogP contribution in [0.1, 0.15) is 63.1 Å². The summed E-state index contributed by atoms with van der Waals surface area (Å²) in [7, 11) is 6.72. The van der Waals surface area contributed by atoms with Gasteiger partial charge in [-0.3, -0.25) is 39.1 Å². The largest absolute Gasteiger partial charge is 0.496 e. The number of nitrogens with zero attached hydrogens (tertiary/aromatic N) is 6. The summed E-state index contributed by atoms with van der Waals surface area (Å²) >= 11 is 0. The lowest BCUT2D eigenvalue weighted by molar-refractivity contribution is -0.136. The Bertz CT molecular complexity index is 2250. The Labute approximate surface area is 349 Å². The van der Waals surface area contributed by atoms with E-state index in [1.54, 1.807) is 49.9 Å². The van der Waals surface area contributed by atoms with Crippen LogP contribution in [0.25, 0.3) is 11.1 Å². The maximum Gasteiger partial charge on any atom is 0.317 e. The number of carbonyl (C=O) groups is 5. The molecule has 1 atom stereocenters. The zero-order valence-electron chi connectivity index (χ0n) is 34.9. The molecule has 6 amide bonds. The van der Waals surface area contributed by atoms with Crippen molar-refractivity contribution < 1.29 is 33.4 Å². The number of carbonyl (C=O) groups excluding carboxylic acids is 5. The zero-order chi connectivity index (χ0) is 42.2. The average molecular weight is 823 g/mol. The maximum absolute atomic E-state index is 13.4. The van der Waals surface area contributed by atoms with Crippen LogP contribution >= 0.6 is 0 Å². The number of aromatic nitrogens is 1. The van der Waals surface area contributed by atoms with Crippen LogP contribution in [0.15, 0.2) is 41.3 Å². The molecule has 5 aliphatic heterocycles. The van der Waals surface area contributed by atoms with Gasteiger partial charge in [-0.05, 0) is 92.6 Å². The number of piperidine rings is 2. The van der Waals surface area contributed by atoms with Crippen LogP contribution < -0.4 is 30.6 Å². The number of likely N-dealkylation sites (tertiary alicyclic amines) is 1. The highest BCUT2D eigenvalue weighted by Gasteiger charge is 2.45. The van der Waals surface area contributed by atoms with Crippen molar-refractivity contribution >= 4 is 35.3 Å². The third-order valence-corrected chi connectivity index (χ3v) is 13.1. The van der Waals surface area contributed by atoms with Crippen LogP contribution in [0.3, 0.4) is 0 Å². The normalized spacial score (nSPS) is 20.3. The zero-order valence-corrected chi connectivity index (χ0v) is 34.9. The van der Waals surface area contributed by atoms with Gasteiger partial charge in [0.05, 0.1) is 31.9 Å². The first kappa shape index (κ1) is 41.0. The number of rotatable bonds is 10. The Morgan fingerprint density at radius 2 is 1.45 bits per heavy atom. The lowest BCUT2D eigenvalue weighted by Crippen LogP contribution is -2.54. The van der Waals surface area contributed by atoms with Gasteiger partial charge in [0.1, 0.15) is 17.5 Å². The number of amides is 6. The van der Waals surface area contributed by atoms with Gasteiger partial charge in [0.2, 0.25) is 11.8 Å². The van der Waals surface area contributed by atoms with Crippen LogP contribution in [0.2, 0.25) is 0 Å². The number of methoxy groups -OCH3 is 2. The van der Waals surface area contributed by atoms with E-state index in [4.69, 9.17) is 9.47 Å². The summed E-state index contributed by atoms with van der Waals surface area (Å²) < 4.78 is 13.6. The summed E-state index contributed by atoms with van der Waals surface area (Å²) in [4.78, 5) is 86.1. The number of hydrogen-bond acceptors (Lipinski definition) is 11. The number of nitrogens with one attached hydrogen (secondary N) is 2. The van der Waals surface area contributed by atoms with E-state index in [-0.39, 0.29) is 31.0 Å². The summed E-state index contributed by atoms with van der Waals surface area (Å²) in [6.07, 6.45) is 5.65. The second-order valence-corrected chi connectivity index (χ2v) is 16.5. The number of piperazine rings is 1. The van der Waals surface area contributed by atoms with E-state index in [1.807, 2.05) is 12.3 Å². The number of ether oxygens (including phenoxy) is 2. The van der Waals surface area contributed by atoms with Crippen LogP contribution in [0, 0.1) is 5.92 Å². The SMILES string of the molecule is CNC(=O)N1CCc2c(-c3cc(OC)c(CC4CCN(CCN5CCN(c6ccc7c(c6)C(=O)N(C6CCC(=O)NC6=O)C7=O)CC5)CC4)c(OC)c3)cn(C)c(=O)c2C1. The van der Waals surface area contributed by atoms with E-state index in [1.165, 1.54) is 0 Å². The molecule has 16 heteroatoms. The molecule has 3 aromatic rings. The molecular formula is C44H54N8O8. The van der Waals surface area contributed by atoms with Gasteiger partial charge in [0.25, 0.3) is 17.4 Å². The molecule has 0 spiro atoms. The van der Waals surface area contributed by atoms with Crippen LogP contribution in [0.5, 0.6) is 11.5 Å². The van der Waals surface area contributed by atoms with E-state index in [9.17, 15) is 28.8 Å². The van der Waals surface area contributed by atoms with Crippen molar-refractivity contribution in [1.29, 1.82) is 0 Å². The molecule has 1 unspecified atom stereocenters. The fourth-order valence-electron chi connectivity index (χ4n) is 9.59. The predicted molar refractivity (Wildman–Crippen MR) is 223 cm³/mol. The van der Waals surface area contributed by atoms with Crippen molar-refractivity contribution in [2.45, 2.75) is 51.1 Å². The molecule has 16 nitrogen and oxygen atoms in total. The minimum atomic E-state index is -0.976. The molecule has 6 heterocycles. The summed E-state index contributed by atoms with van der Waals surface area (Å²) in [6, 6.07) is 8.27. The van der Waals surface area contributed by atoms with Gasteiger partial charge in [-0.2, -0.15) is 0 Å². The molecule has 60 heavy (non-hydrogen) atoms. The molecule has 0 radical (unpaired) electrons. The van der Waals surface area contributed by atoms with Gasteiger partial charge in [0, 0.05) is 94.9 Å². The molecule has 3 saturated heterocycles. The molecule has 0 aliphatic carbocycles. The van der Waals surface area contributed by atoms with Crippen LogP contribution in [-0.4, -0.2) is 140 Å². The highest BCUT2D eigenvalue weighted by Crippen LogP contribution is 2.40. The Kier molecular flexibility index (Phi) is 11.7. The number of benzene rings is 2. The second kappa shape index (κ2) is 17.1. The fraction of sp³-hybridized carbons (Fsp3) is 0.500. The number of pyridine rings is 1. The summed E-state index contributed by atoms with van der Waals surface area (Å²) in [5, 5.41) is 4.92. The molecule has 2 N–H and O–H groups in total. The number of hydrogen-bond donors (Lipinski definition) is 2. The third kappa shape index (κ3) is 7.85. The maximum atomic E-state index is 13.4. The lowest BCUT2D eigenvalue weighted by Gasteiger charge is -2.38. The number of anilines is 1. The van der Waals surface area contributed by atoms with Crippen molar-refractivity contribution in [2.75, 3.05) is 85.1 Å². The molecule has 5 aliphatic rings. The van der Waals surface area contributed by atoms with E-state index >= 15 is 0 Å². The molecule has 8 rings (SSSR count). The summed E-state index contributed by atoms with van der Waals surface area (Å²) in [6.45, 7) is 8.14. The van der Waals surface area contributed by atoms with Crippen molar-refractivity contribution in [1.82, 2.24) is 34.8 Å². The Balaban J connectivity index is 0.838. The minimum absolute atomic E-state index is 0.0901. The molecule has 318 valence electrons. The monoisotopic (exact) mass is 822 g/mol. The van der Waals surface area contributed by atoms with Crippen molar-refractivity contribution in [3.8, 4) is 22.6 Å². The lowest BCUT2D eigenvalue weighted by atomic mass is 9.87. The third-order valence-electron chi connectivity index (χ3n) is 13.1. The van der Waals surface area contributed by atoms with Gasteiger partial charge in [0.15, 0.2) is 0 Å². The van der Waals surface area contributed by atoms with Crippen molar-refractivity contribution in [3.05, 3.63) is 74.7 Å². The quantitative estimate of drug-likeness (QED) is 0.288. The smallest absolute Gasteiger partial charge is 0.317 e. The Morgan fingerprint density at radius 1 is 0.783 bits per heavy atom. The van der Waals surface area contributed by atoms with Gasteiger partial charge in [-0.25, -0.2) is 4.79 Å². The first-order valence-corrected chi connectivity index (χ1v) is 21.0. The van der Waals surface area contributed by atoms with E-state index in [0.717, 1.165) is 116 Å². The van der Waals surface area contributed by atoms with Crippen molar-refractivity contribution in [2.24, 2.45) is 13.0 Å². The molecule has 0 bridgehead atoms. The summed E-state index contributed by atoms with van der Waals surface area (Å²) in [5.74, 6) is 0.0364. The first-order valence-electron chi connectivity index (χ1n) is 21.0. The molecule has 1 aromatic heterocycles. The molecule has 3 fully saturated rings. The Morgan fingerprint density at radius 3 is 2.10 bits per heavy atom. The van der Waals surface area contributed by atoms with Gasteiger partial charge < -0.3 is 34.1 Å². The van der Waals surface area contributed by atoms with Crippen LogP contribution in [-0.2, 0) is 36.0 Å². The Hall–Kier alpha value is -5.74. The number of aryl methyl sites for hydroxylation is 1. The molecule has 2 aromatic carbocycles. The van der Waals surface area contributed by atoms with Gasteiger partial charge in [-0.15, -0.1) is 0 Å². The topological polar surface area (TPSA) is 166 Å². The average Bonchev–Trinajstić information content (AvgIpc) is 3.51. The predicted octanol–water partition coefficient (Wildman–Crippen LogP) is 2.24. The van der Waals surface area contributed by atoms with Gasteiger partial charge >= 0.3 is 6.03 Å². The number of imide groups is 2. The van der Waals surface area contributed by atoms with E-state index in [0.29, 0.717) is 35.6 Å². The second-order valence-electron chi connectivity index (χ2n) is 16.5. The molecular weight excluding hydrogens is 769 g/mol. The van der Waals surface area contributed by atoms with Crippen molar-refractivity contribution in [3.63, 3.8) is 0 Å². The molecule has 0 saturated carbocycles. The van der Waals surface area contributed by atoms with E-state index < -0.39 is 29.7 Å². The highest BCUT2D eigenvalue weighted by molar-refractivity contribution is 6.23. The fourth-order valence-corrected chi connectivity index (χ4v) is 9.59. The minimum Gasteiger partial charge on any atom is -0.496 e. The number of urea groups is 1. The van der Waals surface area contributed by atoms with E-state index in [2.05, 4.69) is 37.5 Å².